The first-order valence-corrected chi connectivity index (χ1v) is 4.57. The lowest BCUT2D eigenvalue weighted by Crippen LogP contribution is -2.45. The third kappa shape index (κ3) is 9.33. The number of hydrogen-bond donors (Lipinski definition) is 3. The summed E-state index contributed by atoms with van der Waals surface area (Å²) in [6.07, 6.45) is -3.87. The van der Waals surface area contributed by atoms with Crippen molar-refractivity contribution in [2.75, 3.05) is 6.54 Å². The van der Waals surface area contributed by atoms with Crippen LogP contribution in [0.4, 0.5) is 18.0 Å². The van der Waals surface area contributed by atoms with Gasteiger partial charge in [0.25, 0.3) is 0 Å². The second-order valence-electron chi connectivity index (χ2n) is 3.56. The highest BCUT2D eigenvalue weighted by Crippen LogP contribution is 2.11. The van der Waals surface area contributed by atoms with Crippen molar-refractivity contribution in [3.63, 3.8) is 0 Å². The Morgan fingerprint density at radius 1 is 1.40 bits per heavy atom. The minimum Gasteiger partial charge on any atom is -0.336 e. The first-order chi connectivity index (χ1) is 6.70. The highest BCUT2D eigenvalue weighted by Gasteiger charge is 2.27. The number of rotatable bonds is 4. The van der Waals surface area contributed by atoms with Crippen LogP contribution in [0.15, 0.2) is 0 Å². The standard InChI is InChI=1S/C8H16F3N3O/c1-5(12)3-6(2)14-7(15)13-4-8(9,10)11/h5-6H,3-4,12H2,1-2H3,(H2,13,14,15). The number of hydrogen-bond acceptors (Lipinski definition) is 2. The average Bonchev–Trinajstić information content (AvgIpc) is 1.97. The number of alkyl halides is 3. The highest BCUT2D eigenvalue weighted by molar-refractivity contribution is 5.74. The molecule has 0 aromatic rings. The van der Waals surface area contributed by atoms with Crippen LogP contribution >= 0.6 is 0 Å². The zero-order valence-electron chi connectivity index (χ0n) is 8.69. The van der Waals surface area contributed by atoms with E-state index in [1.807, 2.05) is 0 Å². The monoisotopic (exact) mass is 227 g/mol. The minimum absolute atomic E-state index is 0.108. The molecule has 0 rings (SSSR count). The molecule has 0 bridgehead atoms. The molecule has 15 heavy (non-hydrogen) atoms. The summed E-state index contributed by atoms with van der Waals surface area (Å²) in [5.74, 6) is 0. The van der Waals surface area contributed by atoms with E-state index in [0.29, 0.717) is 6.42 Å². The van der Waals surface area contributed by atoms with Gasteiger partial charge in [0.05, 0.1) is 0 Å². The fraction of sp³-hybridized carbons (Fsp3) is 0.875. The molecule has 2 amide bonds. The Kier molecular flexibility index (Phi) is 5.41. The van der Waals surface area contributed by atoms with Crippen molar-refractivity contribution in [3.8, 4) is 0 Å². The number of nitrogens with two attached hydrogens (primary N) is 1. The second kappa shape index (κ2) is 5.79. The van der Waals surface area contributed by atoms with Crippen LogP contribution in [-0.2, 0) is 0 Å². The Bertz CT molecular complexity index is 206. The number of halogens is 3. The van der Waals surface area contributed by atoms with E-state index in [2.05, 4.69) is 5.32 Å². The zero-order chi connectivity index (χ0) is 12.1. The van der Waals surface area contributed by atoms with Gasteiger partial charge in [0.2, 0.25) is 0 Å². The van der Waals surface area contributed by atoms with Crippen LogP contribution in [0.5, 0.6) is 0 Å². The lowest BCUT2D eigenvalue weighted by atomic mass is 10.1. The van der Waals surface area contributed by atoms with Gasteiger partial charge < -0.3 is 16.4 Å². The van der Waals surface area contributed by atoms with Crippen LogP contribution in [-0.4, -0.2) is 30.8 Å². The molecule has 0 aliphatic heterocycles. The van der Waals surface area contributed by atoms with Crippen LogP contribution in [0.1, 0.15) is 20.3 Å². The molecule has 0 aromatic heterocycles. The average molecular weight is 227 g/mol. The van der Waals surface area contributed by atoms with Gasteiger partial charge in [-0.1, -0.05) is 0 Å². The summed E-state index contributed by atoms with van der Waals surface area (Å²) < 4.78 is 35.1. The molecule has 0 aliphatic carbocycles. The molecule has 4 N–H and O–H groups in total. The van der Waals surface area contributed by atoms with Crippen molar-refractivity contribution in [1.82, 2.24) is 10.6 Å². The molecule has 0 aromatic carbocycles. The van der Waals surface area contributed by atoms with Gasteiger partial charge >= 0.3 is 12.2 Å². The van der Waals surface area contributed by atoms with Crippen LogP contribution in [0.25, 0.3) is 0 Å². The van der Waals surface area contributed by atoms with E-state index in [4.69, 9.17) is 5.73 Å². The fourth-order valence-corrected chi connectivity index (χ4v) is 1.07. The first-order valence-electron chi connectivity index (χ1n) is 4.57. The predicted octanol–water partition coefficient (Wildman–Crippen LogP) is 0.974. The van der Waals surface area contributed by atoms with Gasteiger partial charge in [-0.2, -0.15) is 13.2 Å². The van der Waals surface area contributed by atoms with E-state index >= 15 is 0 Å². The van der Waals surface area contributed by atoms with E-state index in [1.165, 1.54) is 0 Å². The number of carbonyl (C=O) groups excluding carboxylic acids is 1. The lowest BCUT2D eigenvalue weighted by molar-refractivity contribution is -0.122. The van der Waals surface area contributed by atoms with Gasteiger partial charge in [0.15, 0.2) is 0 Å². The maximum absolute atomic E-state index is 11.7. The van der Waals surface area contributed by atoms with Gasteiger partial charge in [-0.25, -0.2) is 4.79 Å². The van der Waals surface area contributed by atoms with Crippen LogP contribution in [0.2, 0.25) is 0 Å². The molecule has 2 unspecified atom stereocenters. The summed E-state index contributed by atoms with van der Waals surface area (Å²) in [6, 6.07) is -1.19. The molecular weight excluding hydrogens is 211 g/mol. The summed E-state index contributed by atoms with van der Waals surface area (Å²) in [6.45, 7) is 2.10. The predicted molar refractivity (Wildman–Crippen MR) is 50.3 cm³/mol. The van der Waals surface area contributed by atoms with Crippen molar-refractivity contribution in [3.05, 3.63) is 0 Å². The van der Waals surface area contributed by atoms with Gasteiger partial charge in [0, 0.05) is 12.1 Å². The summed E-state index contributed by atoms with van der Waals surface area (Å²) >= 11 is 0. The molecule has 0 aliphatic rings. The second-order valence-corrected chi connectivity index (χ2v) is 3.56. The van der Waals surface area contributed by atoms with Gasteiger partial charge in [-0.15, -0.1) is 0 Å². The quantitative estimate of drug-likeness (QED) is 0.670. The Labute approximate surface area is 86.4 Å². The summed E-state index contributed by atoms with van der Waals surface area (Å²) in [5, 5.41) is 4.06. The van der Waals surface area contributed by atoms with E-state index in [-0.39, 0.29) is 12.1 Å². The molecule has 4 nitrogen and oxygen atoms in total. The Hall–Kier alpha value is -0.980. The van der Waals surface area contributed by atoms with Crippen molar-refractivity contribution in [1.29, 1.82) is 0 Å². The van der Waals surface area contributed by atoms with E-state index < -0.39 is 18.8 Å². The highest BCUT2D eigenvalue weighted by atomic mass is 19.4. The molecule has 0 radical (unpaired) electrons. The Balaban J connectivity index is 3.74. The maximum Gasteiger partial charge on any atom is 0.405 e. The molecule has 0 heterocycles. The molecular formula is C8H16F3N3O. The number of nitrogens with one attached hydrogen (secondary N) is 2. The van der Waals surface area contributed by atoms with Crippen LogP contribution in [0, 0.1) is 0 Å². The minimum atomic E-state index is -4.39. The molecule has 0 saturated heterocycles. The molecule has 2 atom stereocenters. The molecule has 0 saturated carbocycles. The molecule has 90 valence electrons. The van der Waals surface area contributed by atoms with Gasteiger partial charge in [-0.05, 0) is 20.3 Å². The third-order valence-electron chi connectivity index (χ3n) is 1.55. The molecule has 0 spiro atoms. The smallest absolute Gasteiger partial charge is 0.336 e. The molecule has 0 fully saturated rings. The lowest BCUT2D eigenvalue weighted by Gasteiger charge is -2.16. The van der Waals surface area contributed by atoms with E-state index in [0.717, 1.165) is 0 Å². The number of urea groups is 1. The third-order valence-corrected chi connectivity index (χ3v) is 1.55. The van der Waals surface area contributed by atoms with E-state index in [9.17, 15) is 18.0 Å². The fourth-order valence-electron chi connectivity index (χ4n) is 1.07. The van der Waals surface area contributed by atoms with Gasteiger partial charge in [0.1, 0.15) is 6.54 Å². The largest absolute Gasteiger partial charge is 0.405 e. The van der Waals surface area contributed by atoms with Crippen molar-refractivity contribution < 1.29 is 18.0 Å². The van der Waals surface area contributed by atoms with Crippen molar-refractivity contribution in [2.45, 2.75) is 38.5 Å². The first kappa shape index (κ1) is 14.0. The van der Waals surface area contributed by atoms with Crippen molar-refractivity contribution in [2.24, 2.45) is 5.73 Å². The normalized spacial score (nSPS) is 15.6. The zero-order valence-corrected chi connectivity index (χ0v) is 8.69. The number of amides is 2. The van der Waals surface area contributed by atoms with Crippen LogP contribution in [0.3, 0.4) is 0 Å². The SMILES string of the molecule is CC(N)CC(C)NC(=O)NCC(F)(F)F. The van der Waals surface area contributed by atoms with Crippen LogP contribution < -0.4 is 16.4 Å². The summed E-state index contributed by atoms with van der Waals surface area (Å²) in [4.78, 5) is 10.9. The topological polar surface area (TPSA) is 67.1 Å². The molecule has 7 heteroatoms. The van der Waals surface area contributed by atoms with Gasteiger partial charge in [-0.3, -0.25) is 0 Å². The van der Waals surface area contributed by atoms with E-state index in [1.54, 1.807) is 19.2 Å². The Morgan fingerprint density at radius 2 is 1.93 bits per heavy atom. The maximum atomic E-state index is 11.7. The van der Waals surface area contributed by atoms with Crippen molar-refractivity contribution >= 4 is 6.03 Å². The number of carbonyl (C=O) groups is 1. The summed E-state index contributed by atoms with van der Waals surface area (Å²) in [7, 11) is 0. The summed E-state index contributed by atoms with van der Waals surface area (Å²) in [5.41, 5.74) is 5.46. The Morgan fingerprint density at radius 3 is 2.33 bits per heavy atom.